The monoisotopic (exact) mass is 324 g/mol. The van der Waals surface area contributed by atoms with Crippen molar-refractivity contribution in [1.82, 2.24) is 5.32 Å². The lowest BCUT2D eigenvalue weighted by molar-refractivity contribution is -0.144. The van der Waals surface area contributed by atoms with Crippen molar-refractivity contribution in [1.29, 1.82) is 0 Å². The van der Waals surface area contributed by atoms with E-state index in [1.807, 2.05) is 36.8 Å². The van der Waals surface area contributed by atoms with Crippen LogP contribution in [-0.2, 0) is 9.59 Å². The summed E-state index contributed by atoms with van der Waals surface area (Å²) in [6.07, 6.45) is 4.43. The Balaban J connectivity index is 2.54. The van der Waals surface area contributed by atoms with E-state index < -0.39 is 24.0 Å². The number of hydrogen-bond acceptors (Lipinski definition) is 6. The molecule has 1 heterocycles. The first-order valence-electron chi connectivity index (χ1n) is 6.31. The Labute approximate surface area is 131 Å². The van der Waals surface area contributed by atoms with Crippen LogP contribution in [0.2, 0.25) is 0 Å². The van der Waals surface area contributed by atoms with Gasteiger partial charge in [0.2, 0.25) is 0 Å². The number of nitrogens with one attached hydrogen (secondary N) is 1. The largest absolute Gasteiger partial charge is 0.481 e. The van der Waals surface area contributed by atoms with Gasteiger partial charge in [0, 0.05) is 4.90 Å². The van der Waals surface area contributed by atoms with Gasteiger partial charge in [0.05, 0.1) is 12.1 Å². The van der Waals surface area contributed by atoms with E-state index in [1.54, 1.807) is 11.8 Å². The van der Waals surface area contributed by atoms with Crippen molar-refractivity contribution in [2.75, 3.05) is 12.5 Å². The topological polar surface area (TPSA) is 78.8 Å². The lowest BCUT2D eigenvalue weighted by Crippen LogP contribution is -2.49. The minimum atomic E-state index is -1.02. The summed E-state index contributed by atoms with van der Waals surface area (Å²) in [6, 6.07) is 6.24. The average molecular weight is 324 g/mol. The fourth-order valence-corrected chi connectivity index (χ4v) is 3.48. The van der Waals surface area contributed by atoms with Gasteiger partial charge in [0.15, 0.2) is 5.17 Å². The van der Waals surface area contributed by atoms with E-state index in [4.69, 9.17) is 0 Å². The molecule has 0 bridgehead atoms. The van der Waals surface area contributed by atoms with Gasteiger partial charge >= 0.3 is 5.97 Å². The molecule has 3 atom stereocenters. The molecule has 7 heteroatoms. The Morgan fingerprint density at radius 3 is 2.62 bits per heavy atom. The summed E-state index contributed by atoms with van der Waals surface area (Å²) in [6.45, 7) is 0. The number of aliphatic carboxylic acids is 1. The first kappa shape index (κ1) is 15.9. The van der Waals surface area contributed by atoms with Gasteiger partial charge in [-0.15, -0.1) is 11.8 Å². The number of aldehydes is 1. The molecular formula is C14H16N2O3S2. The van der Waals surface area contributed by atoms with Crippen LogP contribution in [0.15, 0.2) is 34.2 Å². The molecule has 0 amide bonds. The van der Waals surface area contributed by atoms with Crippen LogP contribution in [0.3, 0.4) is 0 Å². The van der Waals surface area contributed by atoms with Gasteiger partial charge in [-0.05, 0) is 24.1 Å². The first-order valence-corrected chi connectivity index (χ1v) is 8.76. The maximum atomic E-state index is 11.6. The molecule has 1 aromatic carbocycles. The number of amidine groups is 1. The molecule has 0 saturated carbocycles. The zero-order valence-corrected chi connectivity index (χ0v) is 13.3. The number of rotatable bonds is 4. The molecule has 0 saturated heterocycles. The molecule has 21 heavy (non-hydrogen) atoms. The van der Waals surface area contributed by atoms with Crippen LogP contribution >= 0.6 is 23.5 Å². The Morgan fingerprint density at radius 2 is 2.05 bits per heavy atom. The van der Waals surface area contributed by atoms with Gasteiger partial charge in [-0.1, -0.05) is 30.0 Å². The second-order valence-corrected chi connectivity index (χ2v) is 6.14. The molecule has 0 aromatic heterocycles. The molecule has 112 valence electrons. The molecule has 1 aliphatic heterocycles. The molecule has 3 unspecified atom stereocenters. The number of thioether (sulfide) groups is 2. The lowest BCUT2D eigenvalue weighted by Gasteiger charge is -2.32. The number of nitrogens with zero attached hydrogens (tertiary/aromatic N) is 1. The molecule has 1 aromatic rings. The molecule has 0 fully saturated rings. The summed E-state index contributed by atoms with van der Waals surface area (Å²) >= 11 is 2.91. The third-order valence-electron chi connectivity index (χ3n) is 3.36. The van der Waals surface area contributed by atoms with Crippen molar-refractivity contribution in [3.63, 3.8) is 0 Å². The van der Waals surface area contributed by atoms with Gasteiger partial charge in [0.1, 0.15) is 12.2 Å². The van der Waals surface area contributed by atoms with Gasteiger partial charge < -0.3 is 15.2 Å². The van der Waals surface area contributed by atoms with E-state index in [9.17, 15) is 14.7 Å². The highest BCUT2D eigenvalue weighted by Crippen LogP contribution is 2.37. The first-order chi connectivity index (χ1) is 10.1. The predicted octanol–water partition coefficient (Wildman–Crippen LogP) is 2.04. The molecule has 2 N–H and O–H groups in total. The second kappa shape index (κ2) is 7.00. The van der Waals surface area contributed by atoms with Crippen LogP contribution in [0.4, 0.5) is 0 Å². The van der Waals surface area contributed by atoms with Crippen LogP contribution in [0, 0.1) is 5.92 Å². The Kier molecular flexibility index (Phi) is 5.30. The number of carbonyl (C=O) groups excluding carboxylic acids is 1. The minimum absolute atomic E-state index is 0.565. The van der Waals surface area contributed by atoms with E-state index in [-0.39, 0.29) is 0 Å². The highest BCUT2D eigenvalue weighted by Gasteiger charge is 2.41. The maximum Gasteiger partial charge on any atom is 0.311 e. The van der Waals surface area contributed by atoms with Crippen molar-refractivity contribution in [2.24, 2.45) is 10.9 Å². The van der Waals surface area contributed by atoms with Crippen molar-refractivity contribution in [3.05, 3.63) is 29.8 Å². The molecular weight excluding hydrogens is 308 g/mol. The summed E-state index contributed by atoms with van der Waals surface area (Å²) in [7, 11) is 0. The third kappa shape index (κ3) is 3.24. The van der Waals surface area contributed by atoms with Crippen LogP contribution in [0.5, 0.6) is 0 Å². The fraction of sp³-hybridized carbons (Fsp3) is 0.357. The molecule has 5 nitrogen and oxygen atoms in total. The highest BCUT2D eigenvalue weighted by molar-refractivity contribution is 8.13. The van der Waals surface area contributed by atoms with E-state index >= 15 is 0 Å². The summed E-state index contributed by atoms with van der Waals surface area (Å²) in [5.74, 6) is -1.93. The van der Waals surface area contributed by atoms with Crippen LogP contribution in [-0.4, -0.2) is 41.1 Å². The molecule has 0 spiro atoms. The summed E-state index contributed by atoms with van der Waals surface area (Å²) < 4.78 is 0. The highest BCUT2D eigenvalue weighted by atomic mass is 32.2. The summed E-state index contributed by atoms with van der Waals surface area (Å²) in [5.41, 5.74) is 0.845. The van der Waals surface area contributed by atoms with Crippen molar-refractivity contribution in [2.45, 2.75) is 17.0 Å². The van der Waals surface area contributed by atoms with Gasteiger partial charge in [-0.3, -0.25) is 9.79 Å². The number of carbonyl (C=O) groups is 2. The minimum Gasteiger partial charge on any atom is -0.481 e. The predicted molar refractivity (Wildman–Crippen MR) is 86.0 cm³/mol. The normalized spacial score (nSPS) is 24.9. The Hall–Kier alpha value is -1.47. The maximum absolute atomic E-state index is 11.6. The third-order valence-corrected chi connectivity index (χ3v) is 4.78. The smallest absolute Gasteiger partial charge is 0.311 e. The van der Waals surface area contributed by atoms with E-state index in [1.165, 1.54) is 11.8 Å². The second-order valence-electron chi connectivity index (χ2n) is 4.50. The van der Waals surface area contributed by atoms with Crippen molar-refractivity contribution >= 4 is 40.9 Å². The zero-order valence-electron chi connectivity index (χ0n) is 11.6. The van der Waals surface area contributed by atoms with E-state index in [2.05, 4.69) is 10.3 Å². The number of hydrogen-bond donors (Lipinski definition) is 2. The SMILES string of the molecule is CSC1=NC(c2ccccc2SC)C(C(=O)O)C(C=O)N1. The Bertz CT molecular complexity index is 577. The lowest BCUT2D eigenvalue weighted by atomic mass is 9.87. The number of carboxylic acids is 1. The van der Waals surface area contributed by atoms with Crippen LogP contribution in [0.1, 0.15) is 11.6 Å². The van der Waals surface area contributed by atoms with Crippen LogP contribution in [0.25, 0.3) is 0 Å². The summed E-state index contributed by atoms with van der Waals surface area (Å²) in [5, 5.41) is 13.0. The van der Waals surface area contributed by atoms with E-state index in [0.717, 1.165) is 10.5 Å². The van der Waals surface area contributed by atoms with E-state index in [0.29, 0.717) is 11.5 Å². The quantitative estimate of drug-likeness (QED) is 0.652. The zero-order chi connectivity index (χ0) is 15.4. The van der Waals surface area contributed by atoms with Crippen molar-refractivity contribution < 1.29 is 14.7 Å². The Morgan fingerprint density at radius 1 is 1.33 bits per heavy atom. The number of benzene rings is 1. The summed E-state index contributed by atoms with van der Waals surface area (Å²) in [4.78, 5) is 28.4. The fourth-order valence-electron chi connectivity index (χ4n) is 2.37. The standard InChI is InChI=1S/C14H16N2O3S2/c1-20-10-6-4-3-5-8(10)12-11(13(18)19)9(7-17)15-14(16-12)21-2/h3-7,9,11-12H,1-2H3,(H,15,16)(H,18,19). The average Bonchev–Trinajstić information content (AvgIpc) is 2.53. The van der Waals surface area contributed by atoms with Gasteiger partial charge in [-0.25, -0.2) is 0 Å². The molecule has 0 radical (unpaired) electrons. The number of aliphatic imine (C=N–C) groups is 1. The molecule has 2 rings (SSSR count). The molecule has 1 aliphatic rings. The van der Waals surface area contributed by atoms with Crippen molar-refractivity contribution in [3.8, 4) is 0 Å². The van der Waals surface area contributed by atoms with Gasteiger partial charge in [-0.2, -0.15) is 0 Å². The van der Waals surface area contributed by atoms with Crippen LogP contribution < -0.4 is 5.32 Å². The van der Waals surface area contributed by atoms with Gasteiger partial charge in [0.25, 0.3) is 0 Å². The molecule has 0 aliphatic carbocycles. The number of carboxylic acid groups (broad SMARTS) is 1.